The summed E-state index contributed by atoms with van der Waals surface area (Å²) in [5.41, 5.74) is 1.05. The van der Waals surface area contributed by atoms with Gasteiger partial charge in [0.05, 0.1) is 23.1 Å². The van der Waals surface area contributed by atoms with Gasteiger partial charge in [-0.15, -0.1) is 0 Å². The number of aromatic nitrogens is 1. The zero-order valence-corrected chi connectivity index (χ0v) is 12.1. The fraction of sp³-hybridized carbons (Fsp3) is 0.412. The summed E-state index contributed by atoms with van der Waals surface area (Å²) >= 11 is 0. The van der Waals surface area contributed by atoms with Gasteiger partial charge in [0, 0.05) is 18.1 Å². The van der Waals surface area contributed by atoms with Crippen molar-refractivity contribution < 1.29 is 14.3 Å². The molecule has 0 saturated heterocycles. The van der Waals surface area contributed by atoms with Crippen molar-refractivity contribution in [2.24, 2.45) is 11.8 Å². The number of nitrogens with zero attached hydrogens (tertiary/aromatic N) is 2. The monoisotopic (exact) mass is 300 g/mol. The number of aliphatic carboxylic acids is 1. The largest absolute Gasteiger partial charge is 0.481 e. The van der Waals surface area contributed by atoms with Gasteiger partial charge in [0.25, 0.3) is 0 Å². The molecule has 1 heterocycles. The maximum Gasteiger partial charge on any atom is 0.306 e. The summed E-state index contributed by atoms with van der Waals surface area (Å²) < 4.78 is 15.9. The molecule has 1 saturated carbocycles. The number of rotatable bonds is 3. The van der Waals surface area contributed by atoms with E-state index < -0.39 is 5.97 Å². The van der Waals surface area contributed by atoms with E-state index in [1.807, 2.05) is 16.8 Å². The maximum atomic E-state index is 13.9. The predicted molar refractivity (Wildman–Crippen MR) is 79.7 cm³/mol. The second-order valence-corrected chi connectivity index (χ2v) is 6.03. The molecule has 3 rings (SSSR count). The third-order valence-corrected chi connectivity index (χ3v) is 4.62. The van der Waals surface area contributed by atoms with Crippen LogP contribution in [-0.4, -0.2) is 15.6 Å². The molecule has 1 N–H and O–H groups in total. The number of carboxylic acids is 1. The standard InChI is InChI=1S/C17H17FN2O2/c18-15-7-12(9-19)8-16-14(15)5-6-20(16)10-11-1-3-13(4-2-11)17(21)22/h5-8,11,13H,1-4,10H2,(H,21,22)/t11-,13-. The van der Waals surface area contributed by atoms with Crippen molar-refractivity contribution >= 4 is 16.9 Å². The Labute approximate surface area is 127 Å². The van der Waals surface area contributed by atoms with E-state index in [1.165, 1.54) is 6.07 Å². The van der Waals surface area contributed by atoms with Crippen LogP contribution in [0, 0.1) is 29.0 Å². The number of halogens is 1. The van der Waals surface area contributed by atoms with Crippen LogP contribution in [0.2, 0.25) is 0 Å². The topological polar surface area (TPSA) is 66.0 Å². The summed E-state index contributed by atoms with van der Waals surface area (Å²) in [5, 5.41) is 18.5. The molecule has 1 aromatic heterocycles. The highest BCUT2D eigenvalue weighted by Gasteiger charge is 2.26. The van der Waals surface area contributed by atoms with Crippen LogP contribution in [0.5, 0.6) is 0 Å². The van der Waals surface area contributed by atoms with Crippen molar-refractivity contribution in [2.45, 2.75) is 32.2 Å². The Morgan fingerprint density at radius 3 is 2.73 bits per heavy atom. The van der Waals surface area contributed by atoms with Crippen molar-refractivity contribution in [3.05, 3.63) is 35.8 Å². The zero-order valence-electron chi connectivity index (χ0n) is 12.1. The summed E-state index contributed by atoms with van der Waals surface area (Å²) in [7, 11) is 0. The quantitative estimate of drug-likeness (QED) is 0.942. The van der Waals surface area contributed by atoms with Gasteiger partial charge in [0.15, 0.2) is 0 Å². The number of hydrogen-bond donors (Lipinski definition) is 1. The summed E-state index contributed by atoms with van der Waals surface area (Å²) in [5.74, 6) is -0.895. The van der Waals surface area contributed by atoms with Crippen molar-refractivity contribution in [2.75, 3.05) is 0 Å². The third kappa shape index (κ3) is 2.69. The molecule has 4 nitrogen and oxygen atoms in total. The molecule has 2 aromatic rings. The van der Waals surface area contributed by atoms with E-state index in [9.17, 15) is 9.18 Å². The molecule has 1 aliphatic rings. The lowest BCUT2D eigenvalue weighted by molar-refractivity contribution is -0.143. The first-order chi connectivity index (χ1) is 10.6. The highest BCUT2D eigenvalue weighted by Crippen LogP contribution is 2.31. The third-order valence-electron chi connectivity index (χ3n) is 4.62. The van der Waals surface area contributed by atoms with E-state index in [0.29, 0.717) is 29.7 Å². The lowest BCUT2D eigenvalue weighted by atomic mass is 9.82. The van der Waals surface area contributed by atoms with Crippen molar-refractivity contribution in [3.8, 4) is 6.07 Å². The fourth-order valence-corrected chi connectivity index (χ4v) is 3.34. The van der Waals surface area contributed by atoms with Crippen LogP contribution in [0.4, 0.5) is 4.39 Å². The Kier molecular flexibility index (Phi) is 3.84. The molecule has 0 spiro atoms. The van der Waals surface area contributed by atoms with E-state index in [1.54, 1.807) is 12.1 Å². The minimum Gasteiger partial charge on any atom is -0.481 e. The van der Waals surface area contributed by atoms with Gasteiger partial charge >= 0.3 is 5.97 Å². The number of carboxylic acid groups (broad SMARTS) is 1. The molecule has 1 aromatic carbocycles. The molecule has 5 heteroatoms. The number of benzene rings is 1. The van der Waals surface area contributed by atoms with Crippen LogP contribution in [0.15, 0.2) is 24.4 Å². The van der Waals surface area contributed by atoms with Crippen molar-refractivity contribution in [1.29, 1.82) is 5.26 Å². The van der Waals surface area contributed by atoms with Gasteiger partial charge in [0.1, 0.15) is 5.82 Å². The van der Waals surface area contributed by atoms with Crippen LogP contribution >= 0.6 is 0 Å². The van der Waals surface area contributed by atoms with Gasteiger partial charge in [-0.25, -0.2) is 4.39 Å². The van der Waals surface area contributed by atoms with Crippen LogP contribution in [0.1, 0.15) is 31.2 Å². The number of hydrogen-bond acceptors (Lipinski definition) is 2. The van der Waals surface area contributed by atoms with E-state index >= 15 is 0 Å². The van der Waals surface area contributed by atoms with Gasteiger partial charge < -0.3 is 9.67 Å². The van der Waals surface area contributed by atoms with E-state index in [2.05, 4.69) is 0 Å². The molecule has 0 radical (unpaired) electrons. The Morgan fingerprint density at radius 2 is 2.09 bits per heavy atom. The van der Waals surface area contributed by atoms with E-state index in [-0.39, 0.29) is 11.7 Å². The predicted octanol–water partition coefficient (Wildman–Crippen LogP) is 3.54. The SMILES string of the molecule is N#Cc1cc(F)c2ccn(C[C@H]3CC[C@H](C(=O)O)CC3)c2c1. The summed E-state index contributed by atoms with van der Waals surface area (Å²) in [6.07, 6.45) is 5.00. The maximum absolute atomic E-state index is 13.9. The lowest BCUT2D eigenvalue weighted by Gasteiger charge is -2.26. The smallest absolute Gasteiger partial charge is 0.306 e. The lowest BCUT2D eigenvalue weighted by Crippen LogP contribution is -2.23. The number of fused-ring (bicyclic) bond motifs is 1. The molecular formula is C17H17FN2O2. The minimum absolute atomic E-state index is 0.222. The van der Waals surface area contributed by atoms with Gasteiger partial charge in [0.2, 0.25) is 0 Å². The van der Waals surface area contributed by atoms with Gasteiger partial charge in [-0.2, -0.15) is 5.26 Å². The molecule has 0 atom stereocenters. The Balaban J connectivity index is 1.79. The summed E-state index contributed by atoms with van der Waals surface area (Å²) in [4.78, 5) is 11.0. The van der Waals surface area contributed by atoms with Crippen LogP contribution in [0.3, 0.4) is 0 Å². The average Bonchev–Trinajstić information content (AvgIpc) is 2.91. The van der Waals surface area contributed by atoms with Gasteiger partial charge in [-0.1, -0.05) is 0 Å². The average molecular weight is 300 g/mol. The summed E-state index contributed by atoms with van der Waals surface area (Å²) in [6.45, 7) is 0.740. The number of nitriles is 1. The Morgan fingerprint density at radius 1 is 1.36 bits per heavy atom. The highest BCUT2D eigenvalue weighted by molar-refractivity contribution is 5.82. The van der Waals surface area contributed by atoms with Crippen LogP contribution < -0.4 is 0 Å². The summed E-state index contributed by atoms with van der Waals surface area (Å²) in [6, 6.07) is 6.68. The van der Waals surface area contributed by atoms with E-state index in [0.717, 1.165) is 24.9 Å². The normalized spacial score (nSPS) is 21.6. The van der Waals surface area contributed by atoms with Gasteiger partial charge in [-0.3, -0.25) is 4.79 Å². The molecular weight excluding hydrogens is 283 g/mol. The molecule has 1 fully saturated rings. The second-order valence-electron chi connectivity index (χ2n) is 6.03. The van der Waals surface area contributed by atoms with Crippen LogP contribution in [0.25, 0.3) is 10.9 Å². The molecule has 114 valence electrons. The van der Waals surface area contributed by atoms with E-state index in [4.69, 9.17) is 10.4 Å². The van der Waals surface area contributed by atoms with Crippen molar-refractivity contribution in [1.82, 2.24) is 4.57 Å². The first kappa shape index (κ1) is 14.6. The van der Waals surface area contributed by atoms with Crippen LogP contribution in [-0.2, 0) is 11.3 Å². The minimum atomic E-state index is -0.703. The van der Waals surface area contributed by atoms with Crippen molar-refractivity contribution in [3.63, 3.8) is 0 Å². The molecule has 0 amide bonds. The first-order valence-corrected chi connectivity index (χ1v) is 7.49. The first-order valence-electron chi connectivity index (χ1n) is 7.49. The zero-order chi connectivity index (χ0) is 15.7. The molecule has 22 heavy (non-hydrogen) atoms. The molecule has 1 aliphatic carbocycles. The fourth-order valence-electron chi connectivity index (χ4n) is 3.34. The number of carbonyl (C=O) groups is 1. The highest BCUT2D eigenvalue weighted by atomic mass is 19.1. The molecule has 0 aliphatic heterocycles. The Bertz CT molecular complexity index is 752. The Hall–Kier alpha value is -2.35. The van der Waals surface area contributed by atoms with Gasteiger partial charge in [-0.05, 0) is 49.8 Å². The second kappa shape index (κ2) is 5.80. The molecule has 0 bridgehead atoms. The molecule has 0 unspecified atom stereocenters.